The van der Waals surface area contributed by atoms with Gasteiger partial charge < -0.3 is 10.4 Å². The summed E-state index contributed by atoms with van der Waals surface area (Å²) in [5, 5.41) is 14.7. The van der Waals surface area contributed by atoms with E-state index in [4.69, 9.17) is 23.2 Å². The quantitative estimate of drug-likeness (QED) is 0.233. The summed E-state index contributed by atoms with van der Waals surface area (Å²) in [6, 6.07) is 12.5. The van der Waals surface area contributed by atoms with Gasteiger partial charge in [0.2, 0.25) is 0 Å². The number of carboxylic acid groups (broad SMARTS) is 1. The molecule has 2 N–H and O–H groups in total. The second-order valence-electron chi connectivity index (χ2n) is 8.55. The smallest absolute Gasteiger partial charge is 0.328 e. The molecular weight excluding hydrogens is 517 g/mol. The molecule has 34 heavy (non-hydrogen) atoms. The van der Waals surface area contributed by atoms with Gasteiger partial charge in [-0.1, -0.05) is 73.7 Å². The van der Waals surface area contributed by atoms with E-state index < -0.39 is 11.5 Å². The predicted molar refractivity (Wildman–Crippen MR) is 145 cm³/mol. The Balaban J connectivity index is 0.00000408. The van der Waals surface area contributed by atoms with Gasteiger partial charge in [0.1, 0.15) is 5.54 Å². The van der Waals surface area contributed by atoms with Crippen LogP contribution in [-0.4, -0.2) is 34.3 Å². The molecule has 0 amide bonds. The van der Waals surface area contributed by atoms with E-state index in [1.807, 2.05) is 43.1 Å². The predicted octanol–water partition coefficient (Wildman–Crippen LogP) is 7.90. The maximum Gasteiger partial charge on any atom is 0.328 e. The van der Waals surface area contributed by atoms with Gasteiger partial charge in [-0.05, 0) is 44.5 Å². The van der Waals surface area contributed by atoms with Crippen LogP contribution in [-0.2, 0) is 10.3 Å². The van der Waals surface area contributed by atoms with Gasteiger partial charge in [0, 0.05) is 34.3 Å². The van der Waals surface area contributed by atoms with Crippen molar-refractivity contribution in [2.75, 3.05) is 18.9 Å². The first-order chi connectivity index (χ1) is 15.8. The third-order valence-corrected chi connectivity index (χ3v) is 8.26. The SMILES string of the molecule is CCC(C(=O)O)(c1ccccc1Nc1c(Cl)cccc1Cl)N(C)CC1(SN=O)CCCCC1.Cl. The lowest BCUT2D eigenvalue weighted by Crippen LogP contribution is -2.54. The molecule has 2 aromatic rings. The van der Waals surface area contributed by atoms with Crippen molar-refractivity contribution >= 4 is 64.9 Å². The largest absolute Gasteiger partial charge is 0.480 e. The fourth-order valence-corrected chi connectivity index (χ4v) is 6.29. The van der Waals surface area contributed by atoms with Gasteiger partial charge in [0.15, 0.2) is 0 Å². The van der Waals surface area contributed by atoms with Crippen molar-refractivity contribution in [1.82, 2.24) is 4.90 Å². The lowest BCUT2D eigenvalue weighted by atomic mass is 9.81. The molecule has 10 heteroatoms. The third kappa shape index (κ3) is 5.82. The van der Waals surface area contributed by atoms with E-state index in [1.54, 1.807) is 18.2 Å². The van der Waals surface area contributed by atoms with Crippen molar-refractivity contribution in [2.24, 2.45) is 4.58 Å². The number of nitrogens with zero attached hydrogens (tertiary/aromatic N) is 2. The number of para-hydroxylation sites is 2. The zero-order valence-corrected chi connectivity index (χ0v) is 22.4. The summed E-state index contributed by atoms with van der Waals surface area (Å²) >= 11 is 13.8. The Hall–Kier alpha value is -1.51. The molecule has 0 aliphatic heterocycles. The van der Waals surface area contributed by atoms with Crippen molar-refractivity contribution in [3.63, 3.8) is 0 Å². The standard InChI is InChI=1S/C24H29Cl2N3O3S.ClH/c1-3-24(22(30)31,29(2)16-23(33-28-32)14-7-4-8-15-23)17-10-5-6-13-20(17)27-21-18(25)11-9-12-19(21)26;/h5-6,9-13,27H,3-4,7-8,14-16H2,1-2H3,(H,30,31);1H. The van der Waals surface area contributed by atoms with Gasteiger partial charge in [0.25, 0.3) is 0 Å². The number of nitroso groups, excluding NO2 is 1. The van der Waals surface area contributed by atoms with E-state index >= 15 is 0 Å². The number of nitrogens with one attached hydrogen (secondary N) is 1. The maximum absolute atomic E-state index is 12.9. The fourth-order valence-electron chi connectivity index (χ4n) is 4.92. The molecule has 0 aromatic heterocycles. The lowest BCUT2D eigenvalue weighted by Gasteiger charge is -2.45. The van der Waals surface area contributed by atoms with Crippen molar-refractivity contribution in [3.05, 3.63) is 63.0 Å². The number of benzene rings is 2. The summed E-state index contributed by atoms with van der Waals surface area (Å²) in [6.07, 6.45) is 5.12. The Kier molecular flexibility index (Phi) is 10.5. The van der Waals surface area contributed by atoms with E-state index in [0.717, 1.165) is 44.1 Å². The van der Waals surface area contributed by atoms with Crippen LogP contribution in [0.25, 0.3) is 0 Å². The van der Waals surface area contributed by atoms with E-state index in [1.165, 1.54) is 0 Å². The van der Waals surface area contributed by atoms with Gasteiger partial charge in [0.05, 0.1) is 20.5 Å². The number of hydrogen-bond donors (Lipinski definition) is 2. The van der Waals surface area contributed by atoms with E-state index in [0.29, 0.717) is 39.9 Å². The molecule has 0 bridgehead atoms. The Labute approximate surface area is 221 Å². The molecule has 1 aliphatic rings. The summed E-state index contributed by atoms with van der Waals surface area (Å²) < 4.78 is 2.76. The Bertz CT molecular complexity index is 984. The minimum absolute atomic E-state index is 0. The van der Waals surface area contributed by atoms with Crippen LogP contribution in [0.1, 0.15) is 51.0 Å². The van der Waals surface area contributed by atoms with E-state index in [-0.39, 0.29) is 17.2 Å². The Morgan fingerprint density at radius 1 is 1.15 bits per heavy atom. The number of rotatable bonds is 10. The highest BCUT2D eigenvalue weighted by molar-refractivity contribution is 7.99. The lowest BCUT2D eigenvalue weighted by molar-refractivity contribution is -0.152. The minimum atomic E-state index is -1.33. The molecule has 1 saturated carbocycles. The number of hydrogen-bond acceptors (Lipinski definition) is 6. The summed E-state index contributed by atoms with van der Waals surface area (Å²) in [5.74, 6) is -0.956. The van der Waals surface area contributed by atoms with E-state index in [2.05, 4.69) is 9.90 Å². The monoisotopic (exact) mass is 545 g/mol. The van der Waals surface area contributed by atoms with Crippen LogP contribution < -0.4 is 5.32 Å². The molecule has 2 aromatic carbocycles. The van der Waals surface area contributed by atoms with Crippen molar-refractivity contribution in [3.8, 4) is 0 Å². The number of aliphatic carboxylic acids is 1. The number of anilines is 2. The van der Waals surface area contributed by atoms with Crippen LogP contribution in [0, 0.1) is 4.91 Å². The minimum Gasteiger partial charge on any atom is -0.480 e. The molecule has 1 aliphatic carbocycles. The topological polar surface area (TPSA) is 82.0 Å². The first kappa shape index (κ1) is 28.7. The first-order valence-corrected chi connectivity index (χ1v) is 12.6. The molecule has 1 atom stereocenters. The van der Waals surface area contributed by atoms with Crippen LogP contribution in [0.2, 0.25) is 10.0 Å². The van der Waals surface area contributed by atoms with Gasteiger partial charge in [-0.3, -0.25) is 4.90 Å². The summed E-state index contributed by atoms with van der Waals surface area (Å²) in [4.78, 5) is 26.0. The molecule has 0 heterocycles. The average molecular weight is 547 g/mol. The van der Waals surface area contributed by atoms with Crippen molar-refractivity contribution in [2.45, 2.75) is 55.7 Å². The number of halogens is 3. The van der Waals surface area contributed by atoms with Gasteiger partial charge >= 0.3 is 5.97 Å². The van der Waals surface area contributed by atoms with Crippen LogP contribution in [0.5, 0.6) is 0 Å². The molecule has 1 unspecified atom stereocenters. The molecule has 3 rings (SSSR count). The van der Waals surface area contributed by atoms with Crippen LogP contribution in [0.3, 0.4) is 0 Å². The van der Waals surface area contributed by atoms with Crippen LogP contribution in [0.4, 0.5) is 11.4 Å². The number of carbonyl (C=O) groups is 1. The molecule has 0 saturated heterocycles. The maximum atomic E-state index is 12.9. The highest BCUT2D eigenvalue weighted by Gasteiger charge is 2.48. The van der Waals surface area contributed by atoms with E-state index in [9.17, 15) is 14.8 Å². The third-order valence-electron chi connectivity index (χ3n) is 6.63. The van der Waals surface area contributed by atoms with Gasteiger partial charge in [-0.15, -0.1) is 17.3 Å². The molecule has 186 valence electrons. The molecule has 6 nitrogen and oxygen atoms in total. The summed E-state index contributed by atoms with van der Waals surface area (Å²) in [5.41, 5.74) is 0.414. The first-order valence-electron chi connectivity index (χ1n) is 11.1. The second-order valence-corrected chi connectivity index (χ2v) is 10.6. The zero-order valence-electron chi connectivity index (χ0n) is 19.2. The van der Waals surface area contributed by atoms with Crippen molar-refractivity contribution in [1.29, 1.82) is 0 Å². The molecule has 1 fully saturated rings. The van der Waals surface area contributed by atoms with Crippen LogP contribution in [0.15, 0.2) is 47.0 Å². The number of likely N-dealkylation sites (N-methyl/N-ethyl adjacent to an activating group) is 1. The molecule has 0 spiro atoms. The molecular formula is C24H30Cl3N3O3S. The Morgan fingerprint density at radius 2 is 1.76 bits per heavy atom. The fraction of sp³-hybridized carbons (Fsp3) is 0.458. The number of carboxylic acids is 1. The summed E-state index contributed by atoms with van der Waals surface area (Å²) in [7, 11) is 1.82. The van der Waals surface area contributed by atoms with Crippen molar-refractivity contribution < 1.29 is 9.90 Å². The van der Waals surface area contributed by atoms with Gasteiger partial charge in [-0.2, -0.15) is 0 Å². The Morgan fingerprint density at radius 3 is 2.32 bits per heavy atom. The second kappa shape index (κ2) is 12.5. The molecule has 0 radical (unpaired) electrons. The highest BCUT2D eigenvalue weighted by Crippen LogP contribution is 2.45. The average Bonchev–Trinajstić information content (AvgIpc) is 2.78. The zero-order chi connectivity index (χ0) is 24.1. The van der Waals surface area contributed by atoms with Gasteiger partial charge in [-0.25, -0.2) is 4.79 Å². The van der Waals surface area contributed by atoms with Crippen LogP contribution >= 0.6 is 47.6 Å². The summed E-state index contributed by atoms with van der Waals surface area (Å²) in [6.45, 7) is 2.30. The highest BCUT2D eigenvalue weighted by atomic mass is 35.5. The normalized spacial score (nSPS) is 16.9.